The van der Waals surface area contributed by atoms with E-state index in [1.807, 2.05) is 12.4 Å². The van der Waals surface area contributed by atoms with Crippen molar-refractivity contribution in [1.82, 2.24) is 9.55 Å². The summed E-state index contributed by atoms with van der Waals surface area (Å²) in [6.45, 7) is 0. The van der Waals surface area contributed by atoms with E-state index in [0.29, 0.717) is 5.33 Å². The average Bonchev–Trinajstić information content (AvgIpc) is 2.90. The maximum absolute atomic E-state index is 10.9. The van der Waals surface area contributed by atoms with E-state index in [1.54, 1.807) is 12.1 Å². The predicted molar refractivity (Wildman–Crippen MR) is 79.5 cm³/mol. The number of aromatic nitrogens is 2. The molecule has 0 bridgehead atoms. The van der Waals surface area contributed by atoms with Crippen LogP contribution in [-0.2, 0) is 18.2 Å². The number of imidazole rings is 1. The molecular formula is C14H14BrN3O2. The molecule has 0 radical (unpaired) electrons. The molecule has 2 aromatic rings. The number of halogens is 1. The van der Waals surface area contributed by atoms with Crippen molar-refractivity contribution in [1.29, 1.82) is 0 Å². The Bertz CT molecular complexity index is 666. The second-order valence-electron chi connectivity index (χ2n) is 4.92. The maximum atomic E-state index is 10.9. The van der Waals surface area contributed by atoms with Gasteiger partial charge < -0.3 is 4.57 Å². The quantitative estimate of drug-likeness (QED) is 0.489. The number of benzene rings is 1. The van der Waals surface area contributed by atoms with E-state index in [9.17, 15) is 10.1 Å². The average molecular weight is 336 g/mol. The molecular weight excluding hydrogens is 322 g/mol. The van der Waals surface area contributed by atoms with Crippen LogP contribution in [0.5, 0.6) is 0 Å². The first-order valence-corrected chi connectivity index (χ1v) is 7.71. The molecule has 1 aromatic carbocycles. The van der Waals surface area contributed by atoms with Gasteiger partial charge in [-0.25, -0.2) is 4.98 Å². The van der Waals surface area contributed by atoms with E-state index in [2.05, 4.69) is 25.5 Å². The number of non-ortho nitro benzene ring substituents is 1. The van der Waals surface area contributed by atoms with Crippen molar-refractivity contribution < 1.29 is 4.92 Å². The number of nitro benzene ring substituents is 1. The van der Waals surface area contributed by atoms with Crippen LogP contribution in [0, 0.1) is 10.1 Å². The monoisotopic (exact) mass is 335 g/mol. The Morgan fingerprint density at radius 3 is 2.90 bits per heavy atom. The minimum absolute atomic E-state index is 0.122. The Morgan fingerprint density at radius 2 is 2.15 bits per heavy atom. The van der Waals surface area contributed by atoms with Gasteiger partial charge in [0, 0.05) is 23.2 Å². The molecule has 20 heavy (non-hydrogen) atoms. The van der Waals surface area contributed by atoms with Crippen LogP contribution in [0.2, 0.25) is 0 Å². The van der Waals surface area contributed by atoms with Gasteiger partial charge in [0.15, 0.2) is 0 Å². The van der Waals surface area contributed by atoms with Gasteiger partial charge >= 0.3 is 0 Å². The summed E-state index contributed by atoms with van der Waals surface area (Å²) in [4.78, 5) is 15.0. The summed E-state index contributed by atoms with van der Waals surface area (Å²) in [5, 5.41) is 11.5. The van der Waals surface area contributed by atoms with Crippen LogP contribution in [0.1, 0.15) is 29.8 Å². The Balaban J connectivity index is 2.10. The molecule has 0 atom stereocenters. The first-order chi connectivity index (χ1) is 9.70. The number of nitro groups is 1. The lowest BCUT2D eigenvalue weighted by Crippen LogP contribution is -2.08. The van der Waals surface area contributed by atoms with Gasteiger partial charge in [-0.3, -0.25) is 10.1 Å². The normalized spacial score (nSPS) is 14.1. The molecule has 0 saturated carbocycles. The summed E-state index contributed by atoms with van der Waals surface area (Å²) in [7, 11) is 0. The van der Waals surface area contributed by atoms with Gasteiger partial charge in [-0.15, -0.1) is 0 Å². The lowest BCUT2D eigenvalue weighted by atomic mass is 10.0. The van der Waals surface area contributed by atoms with Crippen LogP contribution in [-0.4, -0.2) is 14.5 Å². The summed E-state index contributed by atoms with van der Waals surface area (Å²) in [6, 6.07) is 4.99. The first kappa shape index (κ1) is 13.3. The molecule has 0 amide bonds. The van der Waals surface area contributed by atoms with Gasteiger partial charge in [-0.05, 0) is 37.3 Å². The highest BCUT2D eigenvalue weighted by molar-refractivity contribution is 9.08. The Morgan fingerprint density at radius 1 is 1.35 bits per heavy atom. The summed E-state index contributed by atoms with van der Waals surface area (Å²) < 4.78 is 2.08. The van der Waals surface area contributed by atoms with Crippen molar-refractivity contribution in [3.05, 3.63) is 51.6 Å². The number of alkyl halides is 1. The lowest BCUT2D eigenvalue weighted by Gasteiger charge is -2.16. The Kier molecular flexibility index (Phi) is 3.56. The molecule has 0 spiro atoms. The molecule has 1 heterocycles. The van der Waals surface area contributed by atoms with E-state index in [0.717, 1.165) is 29.8 Å². The third-order valence-corrected chi connectivity index (χ3v) is 4.31. The largest absolute Gasteiger partial charge is 0.303 e. The number of nitrogens with zero attached hydrogens (tertiary/aromatic N) is 3. The lowest BCUT2D eigenvalue weighted by molar-refractivity contribution is -0.384. The second-order valence-corrected chi connectivity index (χ2v) is 5.48. The third-order valence-electron chi connectivity index (χ3n) is 3.71. The summed E-state index contributed by atoms with van der Waals surface area (Å²) >= 11 is 3.42. The zero-order chi connectivity index (χ0) is 14.1. The summed E-state index contributed by atoms with van der Waals surface area (Å²) in [5.74, 6) is 0. The Labute approximate surface area is 124 Å². The fourth-order valence-corrected chi connectivity index (χ4v) is 3.15. The number of fused-ring (bicyclic) bond motifs is 1. The molecule has 5 nitrogen and oxygen atoms in total. The van der Waals surface area contributed by atoms with Crippen molar-refractivity contribution in [2.75, 3.05) is 0 Å². The fraction of sp³-hybridized carbons (Fsp3) is 0.357. The Hall–Kier alpha value is -1.69. The van der Waals surface area contributed by atoms with Crippen LogP contribution < -0.4 is 0 Å². The fourth-order valence-electron chi connectivity index (χ4n) is 2.70. The van der Waals surface area contributed by atoms with Crippen molar-refractivity contribution in [2.45, 2.75) is 31.0 Å². The maximum Gasteiger partial charge on any atom is 0.269 e. The second kappa shape index (κ2) is 5.36. The number of rotatable bonds is 3. The molecule has 1 aromatic heterocycles. The zero-order valence-corrected chi connectivity index (χ0v) is 12.5. The van der Waals surface area contributed by atoms with E-state index >= 15 is 0 Å². The van der Waals surface area contributed by atoms with Crippen molar-refractivity contribution in [2.24, 2.45) is 0 Å². The standard InChI is InChI=1S/C14H14BrN3O2/c15-8-10-7-11(18(19)20)5-6-13(10)17-9-16-12-3-1-2-4-14(12)17/h5-7,9H,1-4,8H2. The van der Waals surface area contributed by atoms with Crippen molar-refractivity contribution >= 4 is 21.6 Å². The topological polar surface area (TPSA) is 61.0 Å². The van der Waals surface area contributed by atoms with Gasteiger partial charge in [-0.2, -0.15) is 0 Å². The number of hydrogen-bond donors (Lipinski definition) is 0. The van der Waals surface area contributed by atoms with Gasteiger partial charge in [0.1, 0.15) is 0 Å². The predicted octanol–water partition coefficient (Wildman–Crippen LogP) is 3.55. The van der Waals surface area contributed by atoms with Crippen molar-refractivity contribution in [3.8, 4) is 5.69 Å². The molecule has 1 aliphatic carbocycles. The summed E-state index contributed by atoms with van der Waals surface area (Å²) in [6.07, 6.45) is 6.25. The third kappa shape index (κ3) is 2.24. The molecule has 0 saturated heterocycles. The van der Waals surface area contributed by atoms with Crippen LogP contribution in [0.25, 0.3) is 5.69 Å². The number of hydrogen-bond acceptors (Lipinski definition) is 3. The van der Waals surface area contributed by atoms with Gasteiger partial charge in [0.25, 0.3) is 5.69 Å². The molecule has 0 aliphatic heterocycles. The smallest absolute Gasteiger partial charge is 0.269 e. The molecule has 0 fully saturated rings. The first-order valence-electron chi connectivity index (χ1n) is 6.59. The van der Waals surface area contributed by atoms with Gasteiger partial charge in [0.05, 0.1) is 22.6 Å². The molecule has 0 unspecified atom stereocenters. The minimum Gasteiger partial charge on any atom is -0.303 e. The van der Waals surface area contributed by atoms with E-state index < -0.39 is 0 Å². The van der Waals surface area contributed by atoms with Crippen LogP contribution in [0.3, 0.4) is 0 Å². The molecule has 6 heteroatoms. The molecule has 0 N–H and O–H groups in total. The van der Waals surface area contributed by atoms with Crippen LogP contribution in [0.4, 0.5) is 5.69 Å². The molecule has 1 aliphatic rings. The highest BCUT2D eigenvalue weighted by atomic mass is 79.9. The highest BCUT2D eigenvalue weighted by Gasteiger charge is 2.18. The van der Waals surface area contributed by atoms with Crippen LogP contribution >= 0.6 is 15.9 Å². The summed E-state index contributed by atoms with van der Waals surface area (Å²) in [5.41, 5.74) is 4.41. The van der Waals surface area contributed by atoms with Gasteiger partial charge in [-0.1, -0.05) is 15.9 Å². The van der Waals surface area contributed by atoms with Crippen LogP contribution in [0.15, 0.2) is 24.5 Å². The number of aryl methyl sites for hydroxylation is 1. The molecule has 3 rings (SSSR count). The van der Waals surface area contributed by atoms with Crippen molar-refractivity contribution in [3.63, 3.8) is 0 Å². The minimum atomic E-state index is -0.362. The van der Waals surface area contributed by atoms with E-state index in [4.69, 9.17) is 0 Å². The highest BCUT2D eigenvalue weighted by Crippen LogP contribution is 2.28. The molecule has 104 valence electrons. The van der Waals surface area contributed by atoms with E-state index in [-0.39, 0.29) is 10.6 Å². The van der Waals surface area contributed by atoms with E-state index in [1.165, 1.54) is 18.5 Å². The SMILES string of the molecule is O=[N+]([O-])c1ccc(-n2cnc3c2CCCC3)c(CBr)c1. The zero-order valence-electron chi connectivity index (χ0n) is 10.9. The van der Waals surface area contributed by atoms with Gasteiger partial charge in [0.2, 0.25) is 0 Å².